The molecule has 2 atom stereocenters. The van der Waals surface area contributed by atoms with Crippen molar-refractivity contribution in [1.29, 1.82) is 0 Å². The van der Waals surface area contributed by atoms with Crippen molar-refractivity contribution >= 4 is 16.9 Å². The second kappa shape index (κ2) is 8.37. The highest BCUT2D eigenvalue weighted by molar-refractivity contribution is 5.82. The van der Waals surface area contributed by atoms with Crippen molar-refractivity contribution in [3.05, 3.63) is 65.7 Å². The van der Waals surface area contributed by atoms with E-state index in [4.69, 9.17) is 4.98 Å². The van der Waals surface area contributed by atoms with Gasteiger partial charge in [-0.15, -0.1) is 0 Å². The van der Waals surface area contributed by atoms with E-state index in [2.05, 4.69) is 33.4 Å². The second-order valence-corrected chi connectivity index (χ2v) is 8.36. The Morgan fingerprint density at radius 2 is 1.81 bits per heavy atom. The molecule has 3 heterocycles. The van der Waals surface area contributed by atoms with Crippen molar-refractivity contribution in [2.75, 3.05) is 26.2 Å². The zero-order valence-electron chi connectivity index (χ0n) is 17.6. The molecule has 3 aromatic rings. The number of aromatic nitrogens is 2. The molecule has 2 N–H and O–H groups in total. The number of fused-ring (bicyclic) bond motifs is 1. The van der Waals surface area contributed by atoms with E-state index in [9.17, 15) is 9.18 Å². The maximum Gasteiger partial charge on any atom is 0.241 e. The number of hydrazine groups is 1. The van der Waals surface area contributed by atoms with E-state index in [0.717, 1.165) is 42.1 Å². The van der Waals surface area contributed by atoms with Gasteiger partial charge in [0, 0.05) is 39.3 Å². The summed E-state index contributed by atoms with van der Waals surface area (Å²) in [4.78, 5) is 22.1. The van der Waals surface area contributed by atoms with Gasteiger partial charge in [0.1, 0.15) is 17.7 Å². The number of nitrogens with zero attached hydrogens (tertiary/aromatic N) is 4. The molecule has 0 radical (unpaired) electrons. The topological polar surface area (TPSA) is 65.4 Å². The SMILES string of the molecule is Cn1c(CN2CCN(C(=O)C3CC(c4ccc(F)cc4)NN3)CC2)nc2ccccc21. The Hall–Kier alpha value is -2.81. The fourth-order valence-corrected chi connectivity index (χ4v) is 4.52. The standard InChI is InChI=1S/C23H27FN6O/c1-28-21-5-3-2-4-18(21)25-22(28)15-29-10-12-30(13-11-29)23(31)20-14-19(26-27-20)16-6-8-17(24)9-7-16/h2-9,19-20,26-27H,10-15H2,1H3. The van der Waals surface area contributed by atoms with Crippen molar-refractivity contribution < 1.29 is 9.18 Å². The number of aryl methyl sites for hydroxylation is 1. The van der Waals surface area contributed by atoms with Crippen molar-refractivity contribution in [3.63, 3.8) is 0 Å². The van der Waals surface area contributed by atoms with Gasteiger partial charge < -0.3 is 9.47 Å². The summed E-state index contributed by atoms with van der Waals surface area (Å²) in [5, 5.41) is 0. The number of carbonyl (C=O) groups is 1. The summed E-state index contributed by atoms with van der Waals surface area (Å²) in [5.41, 5.74) is 9.45. The molecule has 31 heavy (non-hydrogen) atoms. The average molecular weight is 423 g/mol. The van der Waals surface area contributed by atoms with E-state index in [1.807, 2.05) is 23.1 Å². The van der Waals surface area contributed by atoms with Crippen LogP contribution in [0.4, 0.5) is 4.39 Å². The quantitative estimate of drug-likeness (QED) is 0.673. The third-order valence-electron chi connectivity index (χ3n) is 6.40. The highest BCUT2D eigenvalue weighted by atomic mass is 19.1. The number of halogens is 1. The first-order valence-corrected chi connectivity index (χ1v) is 10.8. The van der Waals surface area contributed by atoms with Crippen molar-refractivity contribution in [2.24, 2.45) is 7.05 Å². The normalized spacial score (nSPS) is 22.3. The monoisotopic (exact) mass is 422 g/mol. The van der Waals surface area contributed by atoms with Crippen LogP contribution in [0.5, 0.6) is 0 Å². The molecular formula is C23H27FN6O. The third-order valence-corrected chi connectivity index (χ3v) is 6.40. The van der Waals surface area contributed by atoms with E-state index in [1.54, 1.807) is 12.1 Å². The summed E-state index contributed by atoms with van der Waals surface area (Å²) in [5.74, 6) is 0.920. The Kier molecular flexibility index (Phi) is 5.43. The lowest BCUT2D eigenvalue weighted by atomic mass is 10.0. The molecule has 0 spiro atoms. The molecule has 2 fully saturated rings. The van der Waals surface area contributed by atoms with Crippen molar-refractivity contribution in [3.8, 4) is 0 Å². The average Bonchev–Trinajstić information content (AvgIpc) is 3.40. The fraction of sp³-hybridized carbons (Fsp3) is 0.391. The van der Waals surface area contributed by atoms with E-state index in [0.29, 0.717) is 19.5 Å². The molecule has 2 aliphatic rings. The van der Waals surface area contributed by atoms with Crippen LogP contribution < -0.4 is 10.9 Å². The number of para-hydroxylation sites is 2. The zero-order chi connectivity index (χ0) is 21.4. The van der Waals surface area contributed by atoms with E-state index >= 15 is 0 Å². The Balaban J connectivity index is 1.15. The van der Waals surface area contributed by atoms with Gasteiger partial charge >= 0.3 is 0 Å². The smallest absolute Gasteiger partial charge is 0.241 e. The molecule has 2 saturated heterocycles. The van der Waals surface area contributed by atoms with Crippen LogP contribution in [0.25, 0.3) is 11.0 Å². The van der Waals surface area contributed by atoms with Gasteiger partial charge in [-0.3, -0.25) is 9.69 Å². The van der Waals surface area contributed by atoms with Crippen molar-refractivity contribution in [2.45, 2.75) is 25.0 Å². The molecule has 2 aliphatic heterocycles. The lowest BCUT2D eigenvalue weighted by Crippen LogP contribution is -2.53. The highest BCUT2D eigenvalue weighted by Crippen LogP contribution is 2.24. The molecule has 8 heteroatoms. The van der Waals surface area contributed by atoms with Crippen LogP contribution in [0.2, 0.25) is 0 Å². The largest absolute Gasteiger partial charge is 0.339 e. The fourth-order valence-electron chi connectivity index (χ4n) is 4.52. The minimum Gasteiger partial charge on any atom is -0.339 e. The number of nitrogens with one attached hydrogen (secondary N) is 2. The van der Waals surface area contributed by atoms with Gasteiger partial charge in [-0.05, 0) is 36.2 Å². The summed E-state index contributed by atoms with van der Waals surface area (Å²) in [7, 11) is 2.06. The lowest BCUT2D eigenvalue weighted by molar-refractivity contribution is -0.135. The molecule has 0 aliphatic carbocycles. The van der Waals surface area contributed by atoms with Crippen LogP contribution in [0.3, 0.4) is 0 Å². The van der Waals surface area contributed by atoms with E-state index in [-0.39, 0.29) is 23.8 Å². The summed E-state index contributed by atoms with van der Waals surface area (Å²) >= 11 is 0. The number of imidazole rings is 1. The molecule has 7 nitrogen and oxygen atoms in total. The van der Waals surface area contributed by atoms with E-state index < -0.39 is 0 Å². The number of hydrogen-bond donors (Lipinski definition) is 2. The minimum absolute atomic E-state index is 0.00777. The minimum atomic E-state index is -0.263. The Bertz CT molecular complexity index is 1070. The number of hydrogen-bond acceptors (Lipinski definition) is 5. The van der Waals surface area contributed by atoms with Crippen LogP contribution in [0.15, 0.2) is 48.5 Å². The summed E-state index contributed by atoms with van der Waals surface area (Å²) < 4.78 is 15.3. The molecule has 162 valence electrons. The predicted octanol–water partition coefficient (Wildman–Crippen LogP) is 1.96. The molecule has 0 saturated carbocycles. The summed E-state index contributed by atoms with van der Waals surface area (Å²) in [6, 6.07) is 14.4. The maximum absolute atomic E-state index is 13.2. The summed E-state index contributed by atoms with van der Waals surface area (Å²) in [6.07, 6.45) is 0.657. The number of carbonyl (C=O) groups excluding carboxylic acids is 1. The molecule has 5 rings (SSSR count). The molecule has 0 bridgehead atoms. The predicted molar refractivity (Wildman–Crippen MR) is 116 cm³/mol. The van der Waals surface area contributed by atoms with Gasteiger partial charge in [-0.25, -0.2) is 20.2 Å². The second-order valence-electron chi connectivity index (χ2n) is 8.36. The van der Waals surface area contributed by atoms with Crippen LogP contribution in [0, 0.1) is 5.82 Å². The number of benzene rings is 2. The number of piperazine rings is 1. The van der Waals surface area contributed by atoms with Gasteiger partial charge in [0.15, 0.2) is 0 Å². The van der Waals surface area contributed by atoms with Crippen LogP contribution in [-0.4, -0.2) is 57.5 Å². The van der Waals surface area contributed by atoms with Gasteiger partial charge in [-0.2, -0.15) is 0 Å². The Morgan fingerprint density at radius 3 is 2.55 bits per heavy atom. The number of amides is 1. The van der Waals surface area contributed by atoms with Gasteiger partial charge in [0.25, 0.3) is 0 Å². The third kappa shape index (κ3) is 4.06. The molecule has 2 aromatic carbocycles. The van der Waals surface area contributed by atoms with Gasteiger partial charge in [0.05, 0.1) is 17.6 Å². The van der Waals surface area contributed by atoms with Crippen LogP contribution in [0.1, 0.15) is 23.9 Å². The zero-order valence-corrected chi connectivity index (χ0v) is 17.6. The van der Waals surface area contributed by atoms with Crippen LogP contribution >= 0.6 is 0 Å². The molecule has 1 aromatic heterocycles. The van der Waals surface area contributed by atoms with Crippen molar-refractivity contribution in [1.82, 2.24) is 30.2 Å². The lowest BCUT2D eigenvalue weighted by Gasteiger charge is -2.35. The molecular weight excluding hydrogens is 395 g/mol. The van der Waals surface area contributed by atoms with Crippen LogP contribution in [-0.2, 0) is 18.4 Å². The van der Waals surface area contributed by atoms with Gasteiger partial charge in [-0.1, -0.05) is 24.3 Å². The Morgan fingerprint density at radius 1 is 1.06 bits per heavy atom. The highest BCUT2D eigenvalue weighted by Gasteiger charge is 2.34. The molecule has 2 unspecified atom stereocenters. The Labute approximate surface area is 180 Å². The first-order chi connectivity index (χ1) is 15.1. The first-order valence-electron chi connectivity index (χ1n) is 10.8. The first kappa shape index (κ1) is 20.1. The van der Waals surface area contributed by atoms with Gasteiger partial charge in [0.2, 0.25) is 5.91 Å². The summed E-state index contributed by atoms with van der Waals surface area (Å²) in [6.45, 7) is 3.86. The van der Waals surface area contributed by atoms with E-state index in [1.165, 1.54) is 12.1 Å². The maximum atomic E-state index is 13.2. The number of rotatable bonds is 4. The molecule has 1 amide bonds.